The number of aromatic hydroxyl groups is 2. The van der Waals surface area contributed by atoms with Gasteiger partial charge in [-0.15, -0.1) is 0 Å². The molecule has 0 radical (unpaired) electrons. The first-order valence-electron chi connectivity index (χ1n) is 6.41. The summed E-state index contributed by atoms with van der Waals surface area (Å²) < 4.78 is 4.73. The number of esters is 1. The molecule has 0 aliphatic heterocycles. The van der Waals surface area contributed by atoms with E-state index in [9.17, 15) is 9.90 Å². The number of phenolic OH excluding ortho intramolecular Hbond substituents is 2. The second-order valence-corrected chi connectivity index (χ2v) is 4.32. The van der Waals surface area contributed by atoms with E-state index in [2.05, 4.69) is 0 Å². The molecule has 0 spiro atoms. The van der Waals surface area contributed by atoms with Gasteiger partial charge in [0.2, 0.25) is 0 Å². The molecule has 1 aromatic rings. The lowest BCUT2D eigenvalue weighted by atomic mass is 10.1. The highest BCUT2D eigenvalue weighted by atomic mass is 16.5. The minimum atomic E-state index is -0.290. The van der Waals surface area contributed by atoms with Gasteiger partial charge in [-0.05, 0) is 30.9 Å². The predicted octanol–water partition coefficient (Wildman–Crippen LogP) is 1.74. The fourth-order valence-corrected chi connectivity index (χ4v) is 1.76. The summed E-state index contributed by atoms with van der Waals surface area (Å²) in [5.74, 6) is -0.142. The monoisotopic (exact) mass is 268 g/mol. The number of hydrogen-bond donors (Lipinski definition) is 3. The van der Waals surface area contributed by atoms with Crippen LogP contribution in [0.25, 0.3) is 0 Å². The molecule has 0 aliphatic rings. The van der Waals surface area contributed by atoms with E-state index in [-0.39, 0.29) is 30.7 Å². The van der Waals surface area contributed by atoms with Crippen LogP contribution in [-0.2, 0) is 16.0 Å². The summed E-state index contributed by atoms with van der Waals surface area (Å²) in [6.45, 7) is -0.0912. The van der Waals surface area contributed by atoms with Crippen molar-refractivity contribution in [3.8, 4) is 11.5 Å². The number of aliphatic hydroxyl groups is 1. The topological polar surface area (TPSA) is 87.0 Å². The second kappa shape index (κ2) is 8.37. The molecule has 0 amide bonds. The van der Waals surface area contributed by atoms with E-state index in [0.29, 0.717) is 12.8 Å². The van der Waals surface area contributed by atoms with Crippen molar-refractivity contribution in [3.63, 3.8) is 0 Å². The number of carbonyl (C=O) groups excluding carboxylic acids is 1. The van der Waals surface area contributed by atoms with Gasteiger partial charge in [0.1, 0.15) is 18.1 Å². The zero-order valence-corrected chi connectivity index (χ0v) is 10.8. The van der Waals surface area contributed by atoms with Gasteiger partial charge in [-0.25, -0.2) is 0 Å². The largest absolute Gasteiger partial charge is 0.508 e. The van der Waals surface area contributed by atoms with E-state index in [1.165, 1.54) is 6.07 Å². The Labute approximate surface area is 112 Å². The van der Waals surface area contributed by atoms with Gasteiger partial charge < -0.3 is 20.1 Å². The molecule has 5 nitrogen and oxygen atoms in total. The maximum atomic E-state index is 11.1. The molecule has 1 aromatic carbocycles. The molecular formula is C14H20O5. The van der Waals surface area contributed by atoms with Gasteiger partial charge >= 0.3 is 5.97 Å². The van der Waals surface area contributed by atoms with Crippen molar-refractivity contribution in [1.82, 2.24) is 0 Å². The maximum absolute atomic E-state index is 11.1. The van der Waals surface area contributed by atoms with Crippen LogP contribution in [0.4, 0.5) is 0 Å². The third-order valence-electron chi connectivity index (χ3n) is 2.75. The van der Waals surface area contributed by atoms with Crippen LogP contribution in [0.2, 0.25) is 0 Å². The van der Waals surface area contributed by atoms with Gasteiger partial charge in [-0.3, -0.25) is 4.79 Å². The molecule has 0 aliphatic carbocycles. The molecule has 19 heavy (non-hydrogen) atoms. The average Bonchev–Trinajstić information content (AvgIpc) is 2.38. The molecular weight excluding hydrogens is 248 g/mol. The Hall–Kier alpha value is -1.75. The summed E-state index contributed by atoms with van der Waals surface area (Å²) in [5, 5.41) is 27.2. The van der Waals surface area contributed by atoms with Crippen LogP contribution in [0.3, 0.4) is 0 Å². The van der Waals surface area contributed by atoms with Crippen molar-refractivity contribution < 1.29 is 24.9 Å². The lowest BCUT2D eigenvalue weighted by molar-refractivity contribution is -0.144. The summed E-state index contributed by atoms with van der Waals surface area (Å²) in [6.07, 6.45) is 3.49. The van der Waals surface area contributed by atoms with Crippen molar-refractivity contribution >= 4 is 5.97 Å². The second-order valence-electron chi connectivity index (χ2n) is 4.32. The summed E-state index contributed by atoms with van der Waals surface area (Å²) >= 11 is 0. The van der Waals surface area contributed by atoms with Crippen LogP contribution < -0.4 is 0 Å². The van der Waals surface area contributed by atoms with Crippen molar-refractivity contribution in [3.05, 3.63) is 23.8 Å². The van der Waals surface area contributed by atoms with Gasteiger partial charge in [0, 0.05) is 12.5 Å². The Morgan fingerprint density at radius 1 is 1.16 bits per heavy atom. The standard InChI is InChI=1S/C14H20O5/c15-8-9-19-14(18)5-3-1-2-4-11-6-7-12(16)10-13(11)17/h6-7,10,15-17H,1-5,8-9H2. The molecule has 0 saturated carbocycles. The summed E-state index contributed by atoms with van der Waals surface area (Å²) in [7, 11) is 0. The Balaban J connectivity index is 2.15. The van der Waals surface area contributed by atoms with E-state index in [0.717, 1.165) is 24.8 Å². The molecule has 3 N–H and O–H groups in total. The number of carbonyl (C=O) groups is 1. The fourth-order valence-electron chi connectivity index (χ4n) is 1.76. The Kier molecular flexibility index (Phi) is 6.74. The molecule has 106 valence electrons. The Morgan fingerprint density at radius 2 is 1.95 bits per heavy atom. The third-order valence-corrected chi connectivity index (χ3v) is 2.75. The lowest BCUT2D eigenvalue weighted by Crippen LogP contribution is -2.07. The predicted molar refractivity (Wildman–Crippen MR) is 70.0 cm³/mol. The molecule has 0 aromatic heterocycles. The number of rotatable bonds is 8. The molecule has 0 fully saturated rings. The molecule has 0 unspecified atom stereocenters. The van der Waals surface area contributed by atoms with Crippen molar-refractivity contribution in [1.29, 1.82) is 0 Å². The van der Waals surface area contributed by atoms with E-state index in [4.69, 9.17) is 14.9 Å². The van der Waals surface area contributed by atoms with Gasteiger partial charge in [0.15, 0.2) is 0 Å². The Bertz CT molecular complexity index is 403. The number of aryl methyl sites for hydroxylation is 1. The lowest BCUT2D eigenvalue weighted by Gasteiger charge is -2.05. The van der Waals surface area contributed by atoms with Crippen molar-refractivity contribution in [2.24, 2.45) is 0 Å². The highest BCUT2D eigenvalue weighted by Gasteiger charge is 2.04. The van der Waals surface area contributed by atoms with Crippen LogP contribution in [0, 0.1) is 0 Å². The van der Waals surface area contributed by atoms with Crippen molar-refractivity contribution in [2.75, 3.05) is 13.2 Å². The molecule has 0 heterocycles. The Morgan fingerprint density at radius 3 is 2.63 bits per heavy atom. The number of aliphatic hydroxyl groups excluding tert-OH is 1. The number of ether oxygens (including phenoxy) is 1. The molecule has 1 rings (SSSR count). The molecule has 5 heteroatoms. The van der Waals surface area contributed by atoms with Gasteiger partial charge in [0.05, 0.1) is 6.61 Å². The highest BCUT2D eigenvalue weighted by Crippen LogP contribution is 2.24. The number of benzene rings is 1. The normalized spacial score (nSPS) is 10.4. The molecule has 0 saturated heterocycles. The maximum Gasteiger partial charge on any atom is 0.305 e. The molecule has 0 bridgehead atoms. The zero-order chi connectivity index (χ0) is 14.1. The third kappa shape index (κ3) is 6.10. The number of phenols is 2. The minimum absolute atomic E-state index is 0.0490. The minimum Gasteiger partial charge on any atom is -0.508 e. The van der Waals surface area contributed by atoms with E-state index in [1.54, 1.807) is 12.1 Å². The van der Waals surface area contributed by atoms with Gasteiger partial charge in [-0.2, -0.15) is 0 Å². The first kappa shape index (κ1) is 15.3. The highest BCUT2D eigenvalue weighted by molar-refractivity contribution is 5.69. The first-order valence-corrected chi connectivity index (χ1v) is 6.41. The number of hydrogen-bond acceptors (Lipinski definition) is 5. The quantitative estimate of drug-likeness (QED) is 0.494. The summed E-state index contributed by atoms with van der Waals surface area (Å²) in [6, 6.07) is 4.56. The van der Waals surface area contributed by atoms with Gasteiger partial charge in [-0.1, -0.05) is 12.5 Å². The fraction of sp³-hybridized carbons (Fsp3) is 0.500. The summed E-state index contributed by atoms with van der Waals surface area (Å²) in [4.78, 5) is 11.1. The van der Waals surface area contributed by atoms with Crippen LogP contribution in [0.1, 0.15) is 31.2 Å². The van der Waals surface area contributed by atoms with E-state index < -0.39 is 0 Å². The smallest absolute Gasteiger partial charge is 0.305 e. The van der Waals surface area contributed by atoms with Crippen LogP contribution in [0.15, 0.2) is 18.2 Å². The average molecular weight is 268 g/mol. The first-order chi connectivity index (χ1) is 9.13. The van der Waals surface area contributed by atoms with E-state index >= 15 is 0 Å². The number of unbranched alkanes of at least 4 members (excludes halogenated alkanes) is 2. The van der Waals surface area contributed by atoms with Crippen LogP contribution >= 0.6 is 0 Å². The van der Waals surface area contributed by atoms with Crippen LogP contribution in [0.5, 0.6) is 11.5 Å². The van der Waals surface area contributed by atoms with Crippen LogP contribution in [-0.4, -0.2) is 34.5 Å². The van der Waals surface area contributed by atoms with Gasteiger partial charge in [0.25, 0.3) is 0 Å². The SMILES string of the molecule is O=C(CCCCCc1ccc(O)cc1O)OCCO. The zero-order valence-electron chi connectivity index (χ0n) is 10.8. The summed E-state index contributed by atoms with van der Waals surface area (Å²) in [5.41, 5.74) is 0.792. The van der Waals surface area contributed by atoms with E-state index in [1.807, 2.05) is 0 Å². The molecule has 0 atom stereocenters. The van der Waals surface area contributed by atoms with Crippen molar-refractivity contribution in [2.45, 2.75) is 32.1 Å².